The minimum Gasteiger partial charge on any atom is -0.493 e. The van der Waals surface area contributed by atoms with Crippen molar-refractivity contribution < 1.29 is 14.2 Å². The van der Waals surface area contributed by atoms with Gasteiger partial charge in [-0.2, -0.15) is 0 Å². The molecular weight excluding hydrogens is 338 g/mol. The van der Waals surface area contributed by atoms with E-state index in [1.165, 1.54) is 0 Å². The standard InChI is InChI=1S/C20H24ClNO3/c1-23-20-11-15(12-22-13-17-6-4-10-24-17)8-9-19(20)25-14-16-5-2-3-7-18(16)21/h2-3,5,7-9,11,17,22H,4,6,10,12-14H2,1H3. The highest BCUT2D eigenvalue weighted by Gasteiger charge is 2.14. The second kappa shape index (κ2) is 9.09. The molecule has 25 heavy (non-hydrogen) atoms. The number of ether oxygens (including phenoxy) is 3. The second-order valence-corrected chi connectivity index (χ2v) is 6.54. The van der Waals surface area contributed by atoms with Crippen LogP contribution in [0.25, 0.3) is 0 Å². The molecule has 2 aromatic carbocycles. The summed E-state index contributed by atoms with van der Waals surface area (Å²) >= 11 is 6.17. The van der Waals surface area contributed by atoms with Gasteiger partial charge >= 0.3 is 0 Å². The van der Waals surface area contributed by atoms with Crippen molar-refractivity contribution >= 4 is 11.6 Å². The van der Waals surface area contributed by atoms with E-state index in [0.717, 1.165) is 49.4 Å². The quantitative estimate of drug-likeness (QED) is 0.765. The Kier molecular flexibility index (Phi) is 6.56. The minimum atomic E-state index is 0.347. The van der Waals surface area contributed by atoms with Gasteiger partial charge in [0.05, 0.1) is 13.2 Å². The smallest absolute Gasteiger partial charge is 0.161 e. The lowest BCUT2D eigenvalue weighted by Gasteiger charge is -2.14. The molecule has 0 bridgehead atoms. The summed E-state index contributed by atoms with van der Waals surface area (Å²) in [4.78, 5) is 0. The van der Waals surface area contributed by atoms with Crippen molar-refractivity contribution in [2.24, 2.45) is 0 Å². The molecule has 1 saturated heterocycles. The first-order valence-corrected chi connectivity index (χ1v) is 8.99. The molecule has 5 heteroatoms. The molecule has 0 radical (unpaired) electrons. The maximum atomic E-state index is 6.17. The van der Waals surface area contributed by atoms with E-state index in [4.69, 9.17) is 25.8 Å². The summed E-state index contributed by atoms with van der Waals surface area (Å²) in [6.45, 7) is 2.96. The third-order valence-corrected chi connectivity index (χ3v) is 4.66. The molecule has 0 saturated carbocycles. The van der Waals surface area contributed by atoms with Crippen LogP contribution in [0.3, 0.4) is 0 Å². The number of benzene rings is 2. The van der Waals surface area contributed by atoms with Crippen molar-refractivity contribution in [1.82, 2.24) is 5.32 Å². The van der Waals surface area contributed by atoms with Crippen molar-refractivity contribution in [1.29, 1.82) is 0 Å². The molecule has 1 N–H and O–H groups in total. The number of hydrogen-bond acceptors (Lipinski definition) is 4. The highest BCUT2D eigenvalue weighted by atomic mass is 35.5. The molecular formula is C20H24ClNO3. The maximum absolute atomic E-state index is 6.17. The van der Waals surface area contributed by atoms with Crippen LogP contribution in [0.5, 0.6) is 11.5 Å². The van der Waals surface area contributed by atoms with E-state index in [1.54, 1.807) is 7.11 Å². The molecule has 1 atom stereocenters. The Balaban J connectivity index is 1.56. The molecule has 1 heterocycles. The average molecular weight is 362 g/mol. The van der Waals surface area contributed by atoms with E-state index in [1.807, 2.05) is 42.5 Å². The van der Waals surface area contributed by atoms with Crippen molar-refractivity contribution in [2.75, 3.05) is 20.3 Å². The number of halogens is 1. The van der Waals surface area contributed by atoms with Gasteiger partial charge in [0.25, 0.3) is 0 Å². The van der Waals surface area contributed by atoms with Gasteiger partial charge in [-0.1, -0.05) is 35.9 Å². The first kappa shape index (κ1) is 18.1. The zero-order chi connectivity index (χ0) is 17.5. The van der Waals surface area contributed by atoms with Crippen molar-refractivity contribution in [3.8, 4) is 11.5 Å². The Labute approximate surface area is 154 Å². The van der Waals surface area contributed by atoms with Gasteiger partial charge in [-0.15, -0.1) is 0 Å². The van der Waals surface area contributed by atoms with E-state index in [9.17, 15) is 0 Å². The van der Waals surface area contributed by atoms with Crippen LogP contribution in [-0.4, -0.2) is 26.4 Å². The van der Waals surface area contributed by atoms with E-state index < -0.39 is 0 Å². The largest absolute Gasteiger partial charge is 0.493 e. The van der Waals surface area contributed by atoms with Crippen molar-refractivity contribution in [2.45, 2.75) is 32.1 Å². The Hall–Kier alpha value is -1.75. The summed E-state index contributed by atoms with van der Waals surface area (Å²) in [5.74, 6) is 1.44. The van der Waals surface area contributed by atoms with E-state index in [0.29, 0.717) is 23.5 Å². The van der Waals surface area contributed by atoms with Crippen LogP contribution in [0.1, 0.15) is 24.0 Å². The fourth-order valence-corrected chi connectivity index (χ4v) is 3.09. The lowest BCUT2D eigenvalue weighted by molar-refractivity contribution is 0.110. The molecule has 0 amide bonds. The first-order valence-electron chi connectivity index (χ1n) is 8.61. The third-order valence-electron chi connectivity index (χ3n) is 4.29. The van der Waals surface area contributed by atoms with Crippen LogP contribution >= 0.6 is 11.6 Å². The first-order chi connectivity index (χ1) is 12.3. The van der Waals surface area contributed by atoms with E-state index in [2.05, 4.69) is 5.32 Å². The van der Waals surface area contributed by atoms with E-state index in [-0.39, 0.29) is 0 Å². The summed E-state index contributed by atoms with van der Waals surface area (Å²) in [5, 5.41) is 4.15. The van der Waals surface area contributed by atoms with Gasteiger partial charge in [0.15, 0.2) is 11.5 Å². The fourth-order valence-electron chi connectivity index (χ4n) is 2.89. The Morgan fingerprint density at radius 2 is 2.08 bits per heavy atom. The van der Waals surface area contributed by atoms with Gasteiger partial charge in [-0.25, -0.2) is 0 Å². The van der Waals surface area contributed by atoms with E-state index >= 15 is 0 Å². The van der Waals surface area contributed by atoms with Gasteiger partial charge in [0.1, 0.15) is 6.61 Å². The number of nitrogens with one attached hydrogen (secondary N) is 1. The molecule has 1 aliphatic heterocycles. The van der Waals surface area contributed by atoms with Gasteiger partial charge in [0.2, 0.25) is 0 Å². The molecule has 0 aromatic heterocycles. The number of rotatable bonds is 8. The molecule has 4 nitrogen and oxygen atoms in total. The van der Waals surface area contributed by atoms with Crippen LogP contribution in [0.15, 0.2) is 42.5 Å². The average Bonchev–Trinajstić information content (AvgIpc) is 3.15. The minimum absolute atomic E-state index is 0.347. The predicted octanol–water partition coefficient (Wildman–Crippen LogP) is 4.20. The van der Waals surface area contributed by atoms with Gasteiger partial charge in [-0.05, 0) is 36.6 Å². The second-order valence-electron chi connectivity index (χ2n) is 6.13. The summed E-state index contributed by atoms with van der Waals surface area (Å²) in [5.41, 5.74) is 2.11. The molecule has 1 fully saturated rings. The van der Waals surface area contributed by atoms with Crippen LogP contribution < -0.4 is 14.8 Å². The molecule has 1 aliphatic rings. The molecule has 0 aliphatic carbocycles. The van der Waals surface area contributed by atoms with Gasteiger partial charge in [0, 0.05) is 30.3 Å². The summed E-state index contributed by atoms with van der Waals surface area (Å²) in [7, 11) is 1.65. The maximum Gasteiger partial charge on any atom is 0.161 e. The van der Waals surface area contributed by atoms with Crippen LogP contribution in [0.4, 0.5) is 0 Å². The van der Waals surface area contributed by atoms with Crippen LogP contribution in [0, 0.1) is 0 Å². The zero-order valence-electron chi connectivity index (χ0n) is 14.5. The number of methoxy groups -OCH3 is 1. The highest BCUT2D eigenvalue weighted by molar-refractivity contribution is 6.31. The lowest BCUT2D eigenvalue weighted by Crippen LogP contribution is -2.25. The Bertz CT molecular complexity index is 686. The highest BCUT2D eigenvalue weighted by Crippen LogP contribution is 2.29. The van der Waals surface area contributed by atoms with Crippen molar-refractivity contribution in [3.63, 3.8) is 0 Å². The van der Waals surface area contributed by atoms with Crippen LogP contribution in [0.2, 0.25) is 5.02 Å². The molecule has 3 rings (SSSR count). The molecule has 134 valence electrons. The van der Waals surface area contributed by atoms with Crippen LogP contribution in [-0.2, 0) is 17.9 Å². The summed E-state index contributed by atoms with van der Waals surface area (Å²) in [6.07, 6.45) is 2.66. The monoisotopic (exact) mass is 361 g/mol. The summed E-state index contributed by atoms with van der Waals surface area (Å²) in [6, 6.07) is 13.7. The third kappa shape index (κ3) is 5.11. The van der Waals surface area contributed by atoms with Gasteiger partial charge < -0.3 is 19.5 Å². The van der Waals surface area contributed by atoms with Crippen molar-refractivity contribution in [3.05, 3.63) is 58.6 Å². The molecule has 2 aromatic rings. The molecule has 0 spiro atoms. The van der Waals surface area contributed by atoms with Gasteiger partial charge in [-0.3, -0.25) is 0 Å². The predicted molar refractivity (Wildman–Crippen MR) is 99.5 cm³/mol. The zero-order valence-corrected chi connectivity index (χ0v) is 15.2. The normalized spacial score (nSPS) is 16.8. The SMILES string of the molecule is COc1cc(CNCC2CCCO2)ccc1OCc1ccccc1Cl. The Morgan fingerprint density at radius 1 is 1.20 bits per heavy atom. The lowest BCUT2D eigenvalue weighted by atomic mass is 10.2. The number of hydrogen-bond donors (Lipinski definition) is 1. The molecule has 1 unspecified atom stereocenters. The fraction of sp³-hybridized carbons (Fsp3) is 0.400. The summed E-state index contributed by atoms with van der Waals surface area (Å²) < 4.78 is 17.0. The topological polar surface area (TPSA) is 39.7 Å². The Morgan fingerprint density at radius 3 is 2.84 bits per heavy atom.